The third kappa shape index (κ3) is 4.58. The smallest absolute Gasteiger partial charge is 0.437 e. The molecular weight excluding hydrogens is 369 g/mol. The van der Waals surface area contributed by atoms with Gasteiger partial charge in [0.15, 0.2) is 11.8 Å². The number of methoxy groups -OCH3 is 1. The topological polar surface area (TPSA) is 125 Å². The number of pyridine rings is 1. The van der Waals surface area contributed by atoms with Crippen molar-refractivity contribution in [1.82, 2.24) is 4.98 Å². The van der Waals surface area contributed by atoms with Crippen LogP contribution in [0.1, 0.15) is 5.56 Å². The lowest BCUT2D eigenvalue weighted by Gasteiger charge is -2.40. The molecule has 1 fully saturated rings. The van der Waals surface area contributed by atoms with Crippen LogP contribution in [0.4, 0.5) is 14.9 Å². The molecule has 9 nitrogen and oxygen atoms in total. The van der Waals surface area contributed by atoms with Gasteiger partial charge in [0.1, 0.15) is 18.5 Å². The van der Waals surface area contributed by atoms with E-state index in [-0.39, 0.29) is 18.3 Å². The lowest BCUT2D eigenvalue weighted by molar-refractivity contribution is 0.149. The van der Waals surface area contributed by atoms with Crippen LogP contribution < -0.4 is 25.8 Å². The van der Waals surface area contributed by atoms with E-state index in [0.717, 1.165) is 0 Å². The maximum atomic E-state index is 14.7. The molecule has 0 radical (unpaired) electrons. The van der Waals surface area contributed by atoms with E-state index in [1.54, 1.807) is 30.5 Å². The van der Waals surface area contributed by atoms with E-state index in [0.29, 0.717) is 30.4 Å². The number of guanidine groups is 1. The highest BCUT2D eigenvalue weighted by Gasteiger charge is 2.31. The Bertz CT molecular complexity index is 865. The quantitative estimate of drug-likeness (QED) is 0.561. The summed E-state index contributed by atoms with van der Waals surface area (Å²) in [6, 6.07) is 8.34. The van der Waals surface area contributed by atoms with E-state index in [1.165, 1.54) is 13.2 Å². The van der Waals surface area contributed by atoms with Crippen LogP contribution >= 0.6 is 0 Å². The van der Waals surface area contributed by atoms with Gasteiger partial charge in [0.2, 0.25) is 5.88 Å². The zero-order valence-electron chi connectivity index (χ0n) is 15.2. The van der Waals surface area contributed by atoms with Gasteiger partial charge in [0, 0.05) is 11.6 Å². The summed E-state index contributed by atoms with van der Waals surface area (Å²) in [5.74, 6) is 0.232. The van der Waals surface area contributed by atoms with Gasteiger partial charge in [-0.25, -0.2) is 14.2 Å². The van der Waals surface area contributed by atoms with Crippen LogP contribution in [0.25, 0.3) is 0 Å². The van der Waals surface area contributed by atoms with Crippen molar-refractivity contribution in [2.24, 2.45) is 16.5 Å². The first-order valence-corrected chi connectivity index (χ1v) is 8.41. The summed E-state index contributed by atoms with van der Waals surface area (Å²) in [6.07, 6.45) is 0.515. The van der Waals surface area contributed by atoms with Gasteiger partial charge in [0.25, 0.3) is 0 Å². The van der Waals surface area contributed by atoms with Crippen molar-refractivity contribution in [3.8, 4) is 11.6 Å². The normalized spacial score (nSPS) is 13.4. The summed E-state index contributed by atoms with van der Waals surface area (Å²) in [5.41, 5.74) is 10.8. The Morgan fingerprint density at radius 2 is 2.11 bits per heavy atom. The third-order valence-corrected chi connectivity index (χ3v) is 4.04. The number of halogens is 1. The second-order valence-electron chi connectivity index (χ2n) is 6.02. The number of hydrogen-bond donors (Lipinski definition) is 2. The maximum absolute atomic E-state index is 14.7. The van der Waals surface area contributed by atoms with Crippen molar-refractivity contribution < 1.29 is 23.4 Å². The predicted molar refractivity (Wildman–Crippen MR) is 99.8 cm³/mol. The van der Waals surface area contributed by atoms with Crippen LogP contribution in [0.15, 0.2) is 41.5 Å². The van der Waals surface area contributed by atoms with Gasteiger partial charge in [0.05, 0.1) is 32.1 Å². The average Bonchev–Trinajstić information content (AvgIpc) is 2.64. The van der Waals surface area contributed by atoms with Crippen molar-refractivity contribution in [3.05, 3.63) is 47.9 Å². The fourth-order valence-corrected chi connectivity index (χ4v) is 2.66. The highest BCUT2D eigenvalue weighted by molar-refractivity contribution is 5.87. The summed E-state index contributed by atoms with van der Waals surface area (Å²) in [7, 11) is 1.54. The van der Waals surface area contributed by atoms with Crippen LogP contribution in [-0.2, 0) is 11.3 Å². The van der Waals surface area contributed by atoms with Gasteiger partial charge >= 0.3 is 6.09 Å². The molecule has 1 amide bonds. The number of anilines is 1. The van der Waals surface area contributed by atoms with Gasteiger partial charge < -0.3 is 30.6 Å². The molecular formula is C18H20FN5O4. The SMILES string of the molecule is COc1ccc(OC2CN(c3cccc(COC(=O)N=C(N)N)c3F)C2)cn1. The molecule has 1 aliphatic rings. The number of amides is 1. The number of aliphatic imine (C=N–C) groups is 1. The number of nitrogens with two attached hydrogens (primary N) is 2. The number of benzene rings is 1. The van der Waals surface area contributed by atoms with E-state index < -0.39 is 17.9 Å². The molecule has 1 aromatic heterocycles. The number of nitrogens with zero attached hydrogens (tertiary/aromatic N) is 3. The molecule has 148 valence electrons. The zero-order valence-corrected chi connectivity index (χ0v) is 15.2. The number of rotatable bonds is 6. The van der Waals surface area contributed by atoms with E-state index in [9.17, 15) is 9.18 Å². The number of hydrogen-bond acceptors (Lipinski definition) is 6. The first kappa shape index (κ1) is 19.2. The largest absolute Gasteiger partial charge is 0.485 e. The van der Waals surface area contributed by atoms with Crippen molar-refractivity contribution in [3.63, 3.8) is 0 Å². The van der Waals surface area contributed by atoms with Crippen molar-refractivity contribution >= 4 is 17.7 Å². The average molecular weight is 389 g/mol. The molecule has 0 aliphatic carbocycles. The number of aromatic nitrogens is 1. The lowest BCUT2D eigenvalue weighted by Crippen LogP contribution is -2.54. The van der Waals surface area contributed by atoms with Gasteiger partial charge in [-0.3, -0.25) is 0 Å². The molecule has 0 atom stereocenters. The Balaban J connectivity index is 1.56. The first-order chi connectivity index (χ1) is 13.5. The second kappa shape index (κ2) is 8.42. The molecule has 4 N–H and O–H groups in total. The molecule has 1 aromatic carbocycles. The van der Waals surface area contributed by atoms with Gasteiger partial charge in [-0.15, -0.1) is 4.99 Å². The van der Waals surface area contributed by atoms with E-state index in [4.69, 9.17) is 25.7 Å². The molecule has 3 rings (SSSR count). The standard InChI is InChI=1S/C18H20FN5O4/c1-26-15-6-5-12(7-22-15)28-13-8-24(9-13)14-4-2-3-11(16(14)19)10-27-18(25)23-17(20)21/h2-7,13H,8-10H2,1H3,(H4,20,21,23,25). The molecule has 0 bridgehead atoms. The van der Waals surface area contributed by atoms with E-state index in [1.807, 2.05) is 4.90 Å². The molecule has 2 aromatic rings. The molecule has 0 unspecified atom stereocenters. The van der Waals surface area contributed by atoms with Crippen LogP contribution in [0, 0.1) is 5.82 Å². The second-order valence-corrected chi connectivity index (χ2v) is 6.02. The Morgan fingerprint density at radius 3 is 2.75 bits per heavy atom. The molecule has 0 spiro atoms. The fourth-order valence-electron chi connectivity index (χ4n) is 2.66. The number of ether oxygens (including phenoxy) is 3. The van der Waals surface area contributed by atoms with Crippen molar-refractivity contribution in [2.75, 3.05) is 25.1 Å². The molecule has 0 saturated carbocycles. The monoisotopic (exact) mass is 389 g/mol. The molecule has 2 heterocycles. The minimum absolute atomic E-state index is 0.0852. The van der Waals surface area contributed by atoms with Crippen molar-refractivity contribution in [1.29, 1.82) is 0 Å². The fraction of sp³-hybridized carbons (Fsp3) is 0.278. The van der Waals surface area contributed by atoms with E-state index in [2.05, 4.69) is 9.98 Å². The summed E-state index contributed by atoms with van der Waals surface area (Å²) in [6.45, 7) is 0.751. The summed E-state index contributed by atoms with van der Waals surface area (Å²) >= 11 is 0. The Hall–Kier alpha value is -3.56. The van der Waals surface area contributed by atoms with Crippen molar-refractivity contribution in [2.45, 2.75) is 12.7 Å². The summed E-state index contributed by atoms with van der Waals surface area (Å²) in [4.78, 5) is 20.5. The Morgan fingerprint density at radius 1 is 1.32 bits per heavy atom. The lowest BCUT2D eigenvalue weighted by atomic mass is 10.1. The Kier molecular flexibility index (Phi) is 5.78. The first-order valence-electron chi connectivity index (χ1n) is 8.41. The van der Waals surface area contributed by atoms with Crippen LogP contribution in [0.5, 0.6) is 11.6 Å². The van der Waals surface area contributed by atoms with E-state index >= 15 is 0 Å². The van der Waals surface area contributed by atoms with Gasteiger partial charge in [-0.05, 0) is 12.1 Å². The maximum Gasteiger partial charge on any atom is 0.437 e. The minimum atomic E-state index is -0.977. The van der Waals surface area contributed by atoms with Crippen LogP contribution in [0.2, 0.25) is 0 Å². The highest BCUT2D eigenvalue weighted by Crippen LogP contribution is 2.28. The van der Waals surface area contributed by atoms with Crippen LogP contribution in [-0.4, -0.2) is 43.3 Å². The zero-order chi connectivity index (χ0) is 20.1. The highest BCUT2D eigenvalue weighted by atomic mass is 19.1. The number of carbonyl (C=O) groups is 1. The third-order valence-electron chi connectivity index (χ3n) is 4.04. The minimum Gasteiger partial charge on any atom is -0.485 e. The molecule has 10 heteroatoms. The predicted octanol–water partition coefficient (Wildman–Crippen LogP) is 1.41. The molecule has 28 heavy (non-hydrogen) atoms. The summed E-state index contributed by atoms with van der Waals surface area (Å²) < 4.78 is 30.3. The molecule has 1 aliphatic heterocycles. The Labute approximate surface area is 160 Å². The van der Waals surface area contributed by atoms with Gasteiger partial charge in [-0.2, -0.15) is 0 Å². The van der Waals surface area contributed by atoms with Crippen LogP contribution in [0.3, 0.4) is 0 Å². The summed E-state index contributed by atoms with van der Waals surface area (Å²) in [5, 5.41) is 0. The molecule has 1 saturated heterocycles. The van der Waals surface area contributed by atoms with Gasteiger partial charge in [-0.1, -0.05) is 12.1 Å². The number of carbonyl (C=O) groups excluding carboxylic acids is 1.